The molecule has 0 heterocycles. The van der Waals surface area contributed by atoms with E-state index in [0.717, 1.165) is 33.4 Å². The average Bonchev–Trinajstić information content (AvgIpc) is 3.53. The number of hydrogen-bond acceptors (Lipinski definition) is 4. The minimum Gasteiger partial charge on any atom is -0.491 e. The lowest BCUT2D eigenvalue weighted by molar-refractivity contribution is -0.138. The Morgan fingerprint density at radius 2 is 1.73 bits per heavy atom. The molecule has 0 aliphatic heterocycles. The topological polar surface area (TPSA) is 76.0 Å². The molecule has 0 saturated heterocycles. The Morgan fingerprint density at radius 3 is 2.32 bits per heavy atom. The number of ether oxygens (including phenoxy) is 2. The predicted molar refractivity (Wildman–Crippen MR) is 140 cm³/mol. The summed E-state index contributed by atoms with van der Waals surface area (Å²) in [6.07, 6.45) is 1.68. The van der Waals surface area contributed by atoms with Crippen molar-refractivity contribution >= 4 is 5.97 Å². The normalized spacial score (nSPS) is 20.4. The van der Waals surface area contributed by atoms with Gasteiger partial charge in [0.1, 0.15) is 30.0 Å². The van der Waals surface area contributed by atoms with Gasteiger partial charge >= 0.3 is 5.97 Å². The minimum atomic E-state index is -0.924. The van der Waals surface area contributed by atoms with Crippen molar-refractivity contribution in [3.05, 3.63) is 82.2 Å². The summed E-state index contributed by atoms with van der Waals surface area (Å²) in [7, 11) is 0. The molecule has 0 bridgehead atoms. The van der Waals surface area contributed by atoms with E-state index >= 15 is 4.39 Å². The molecule has 5 rings (SSSR count). The van der Waals surface area contributed by atoms with Crippen LogP contribution in [-0.4, -0.2) is 28.4 Å². The van der Waals surface area contributed by atoms with E-state index in [1.54, 1.807) is 13.8 Å². The molecular weight excluding hydrogens is 471 g/mol. The average molecular weight is 505 g/mol. The highest BCUT2D eigenvalue weighted by molar-refractivity contribution is 5.77. The Kier molecular flexibility index (Phi) is 6.48. The van der Waals surface area contributed by atoms with E-state index in [1.807, 2.05) is 56.3 Å². The largest absolute Gasteiger partial charge is 0.491 e. The van der Waals surface area contributed by atoms with Gasteiger partial charge in [0.25, 0.3) is 0 Å². The molecule has 1 saturated carbocycles. The molecule has 5 nitrogen and oxygen atoms in total. The number of aliphatic carboxylic acids is 1. The van der Waals surface area contributed by atoms with E-state index in [4.69, 9.17) is 9.47 Å². The zero-order chi connectivity index (χ0) is 26.5. The van der Waals surface area contributed by atoms with Crippen LogP contribution in [-0.2, 0) is 11.2 Å². The zero-order valence-corrected chi connectivity index (χ0v) is 21.7. The number of aryl methyl sites for hydroxylation is 2. The molecule has 3 atom stereocenters. The van der Waals surface area contributed by atoms with Crippen LogP contribution in [0.3, 0.4) is 0 Å². The fourth-order valence-corrected chi connectivity index (χ4v) is 5.51. The zero-order valence-electron chi connectivity index (χ0n) is 21.7. The number of halogens is 1. The number of hydrogen-bond donors (Lipinski definition) is 2. The molecule has 1 fully saturated rings. The van der Waals surface area contributed by atoms with Crippen LogP contribution in [0.4, 0.5) is 4.39 Å². The summed E-state index contributed by atoms with van der Waals surface area (Å²) in [5.41, 5.74) is 5.78. The molecule has 3 aromatic rings. The van der Waals surface area contributed by atoms with Crippen molar-refractivity contribution in [2.24, 2.45) is 5.92 Å². The molecule has 0 spiro atoms. The summed E-state index contributed by atoms with van der Waals surface area (Å²) in [6.45, 7) is 7.65. The van der Waals surface area contributed by atoms with E-state index in [1.165, 1.54) is 6.07 Å². The first-order chi connectivity index (χ1) is 17.5. The smallest absolute Gasteiger partial charge is 0.307 e. The van der Waals surface area contributed by atoms with Crippen molar-refractivity contribution < 1.29 is 28.9 Å². The lowest BCUT2D eigenvalue weighted by Gasteiger charge is -2.21. The van der Waals surface area contributed by atoms with E-state index in [9.17, 15) is 15.0 Å². The minimum absolute atomic E-state index is 0.0668. The van der Waals surface area contributed by atoms with Gasteiger partial charge in [-0.2, -0.15) is 0 Å². The van der Waals surface area contributed by atoms with Crippen LogP contribution in [0.15, 0.2) is 48.5 Å². The van der Waals surface area contributed by atoms with Gasteiger partial charge in [0.2, 0.25) is 0 Å². The highest BCUT2D eigenvalue weighted by Gasteiger charge is 2.44. The molecule has 0 radical (unpaired) electrons. The second-order valence-corrected chi connectivity index (χ2v) is 11.0. The third-order valence-electron chi connectivity index (χ3n) is 7.34. The Morgan fingerprint density at radius 1 is 1.05 bits per heavy atom. The van der Waals surface area contributed by atoms with E-state index in [0.29, 0.717) is 36.3 Å². The molecule has 0 aromatic heterocycles. The summed E-state index contributed by atoms with van der Waals surface area (Å²) in [5, 5.41) is 19.2. The van der Waals surface area contributed by atoms with Crippen LogP contribution in [0.1, 0.15) is 66.5 Å². The first-order valence-electron chi connectivity index (χ1n) is 12.8. The van der Waals surface area contributed by atoms with Crippen LogP contribution < -0.4 is 9.47 Å². The summed E-state index contributed by atoms with van der Waals surface area (Å²) in [5.74, 6) is 0.110. The SMILES string of the molecule is Cc1cc(OCC(C)(C)O)cc(C)c1-c1ccc(F)c2c1CC[C@H]2Oc1ccc([C@H]2C[C@@H]2C(=O)O)cc1. The number of aliphatic hydroxyl groups is 1. The van der Waals surface area contributed by atoms with Crippen molar-refractivity contribution in [1.29, 1.82) is 0 Å². The molecule has 3 aromatic carbocycles. The van der Waals surface area contributed by atoms with Gasteiger partial charge in [0, 0.05) is 5.56 Å². The molecule has 6 heteroatoms. The fraction of sp³-hybridized carbons (Fsp3) is 0.387. The second kappa shape index (κ2) is 9.49. The number of fused-ring (bicyclic) bond motifs is 1. The summed E-state index contributed by atoms with van der Waals surface area (Å²) < 4.78 is 27.2. The van der Waals surface area contributed by atoms with Gasteiger partial charge in [0.15, 0.2) is 0 Å². The summed E-state index contributed by atoms with van der Waals surface area (Å²) in [4.78, 5) is 11.2. The van der Waals surface area contributed by atoms with Gasteiger partial charge in [-0.05, 0) is 117 Å². The Bertz CT molecular complexity index is 1320. The number of benzene rings is 3. The standard InChI is InChI=1S/C31H33FO5/c1-17-13-21(36-16-31(3,4)35)14-18(2)28(17)22-9-11-26(32)29-23(22)10-12-27(29)37-20-7-5-19(6-8-20)24-15-25(24)30(33)34/h5-9,11,13-14,24-25,27,35H,10,12,15-16H2,1-4H3,(H,33,34)/t24-,25+,27-/m1/s1. The van der Waals surface area contributed by atoms with Crippen LogP contribution in [0, 0.1) is 25.6 Å². The van der Waals surface area contributed by atoms with E-state index in [-0.39, 0.29) is 30.4 Å². The van der Waals surface area contributed by atoms with Crippen LogP contribution in [0.5, 0.6) is 11.5 Å². The predicted octanol–water partition coefficient (Wildman–Crippen LogP) is 6.51. The maximum atomic E-state index is 15.1. The molecule has 0 unspecified atom stereocenters. The first kappa shape index (κ1) is 25.3. The molecular formula is C31H33FO5. The first-order valence-corrected chi connectivity index (χ1v) is 12.8. The Balaban J connectivity index is 1.38. The van der Waals surface area contributed by atoms with Gasteiger partial charge in [-0.3, -0.25) is 4.79 Å². The second-order valence-electron chi connectivity index (χ2n) is 11.0. The number of rotatable bonds is 8. The third-order valence-corrected chi connectivity index (χ3v) is 7.34. The molecule has 37 heavy (non-hydrogen) atoms. The quantitative estimate of drug-likeness (QED) is 0.366. The van der Waals surface area contributed by atoms with Crippen molar-refractivity contribution in [3.63, 3.8) is 0 Å². The summed E-state index contributed by atoms with van der Waals surface area (Å²) >= 11 is 0. The fourth-order valence-electron chi connectivity index (χ4n) is 5.51. The van der Waals surface area contributed by atoms with Gasteiger partial charge in [0.05, 0.1) is 11.5 Å². The van der Waals surface area contributed by atoms with Crippen LogP contribution in [0.2, 0.25) is 0 Å². The maximum Gasteiger partial charge on any atom is 0.307 e. The van der Waals surface area contributed by atoms with Gasteiger partial charge in [-0.15, -0.1) is 0 Å². The third kappa shape index (κ3) is 5.21. The molecule has 194 valence electrons. The highest BCUT2D eigenvalue weighted by Crippen LogP contribution is 2.48. The number of carbonyl (C=O) groups is 1. The number of carboxylic acid groups (broad SMARTS) is 1. The van der Waals surface area contributed by atoms with Crippen molar-refractivity contribution in [2.45, 2.75) is 64.6 Å². The monoisotopic (exact) mass is 504 g/mol. The molecule has 2 N–H and O–H groups in total. The lowest BCUT2D eigenvalue weighted by atomic mass is 9.90. The van der Waals surface area contributed by atoms with Gasteiger partial charge in [-0.25, -0.2) is 4.39 Å². The number of carboxylic acids is 1. The lowest BCUT2D eigenvalue weighted by Crippen LogP contribution is -2.27. The van der Waals surface area contributed by atoms with E-state index in [2.05, 4.69) is 0 Å². The van der Waals surface area contributed by atoms with Crippen molar-refractivity contribution in [1.82, 2.24) is 0 Å². The van der Waals surface area contributed by atoms with E-state index < -0.39 is 11.6 Å². The molecule has 2 aliphatic carbocycles. The maximum absolute atomic E-state index is 15.1. The van der Waals surface area contributed by atoms with Crippen molar-refractivity contribution in [2.75, 3.05) is 6.61 Å². The summed E-state index contributed by atoms with van der Waals surface area (Å²) in [6, 6.07) is 14.8. The van der Waals surface area contributed by atoms with Gasteiger partial charge in [-0.1, -0.05) is 18.2 Å². The Hall–Kier alpha value is -3.38. The van der Waals surface area contributed by atoms with Crippen LogP contribution >= 0.6 is 0 Å². The Labute approximate surface area is 216 Å². The molecule has 2 aliphatic rings. The van der Waals surface area contributed by atoms with Crippen molar-refractivity contribution in [3.8, 4) is 22.6 Å². The van der Waals surface area contributed by atoms with Crippen LogP contribution in [0.25, 0.3) is 11.1 Å². The molecule has 0 amide bonds. The van der Waals surface area contributed by atoms with Gasteiger partial charge < -0.3 is 19.7 Å². The highest BCUT2D eigenvalue weighted by atomic mass is 19.1.